The van der Waals surface area contributed by atoms with E-state index in [1.165, 1.54) is 0 Å². The van der Waals surface area contributed by atoms with Gasteiger partial charge in [-0.3, -0.25) is 19.6 Å². The molecule has 2 unspecified atom stereocenters. The smallest absolute Gasteiger partial charge is 0.214 e. The van der Waals surface area contributed by atoms with Gasteiger partial charge in [-0.1, -0.05) is 48.5 Å². The molecular formula is C24H12N4O2. The van der Waals surface area contributed by atoms with Gasteiger partial charge in [-0.15, -0.1) is 0 Å². The van der Waals surface area contributed by atoms with E-state index >= 15 is 0 Å². The van der Waals surface area contributed by atoms with Crippen LogP contribution in [0, 0.1) is 0 Å². The fourth-order valence-corrected chi connectivity index (χ4v) is 4.61. The number of aliphatic imine (C=N–C) groups is 2. The van der Waals surface area contributed by atoms with Crippen LogP contribution in [0.5, 0.6) is 0 Å². The molecule has 0 fully saturated rings. The highest BCUT2D eigenvalue weighted by Crippen LogP contribution is 2.32. The first-order valence-corrected chi connectivity index (χ1v) is 9.75. The second kappa shape index (κ2) is 5.30. The topological polar surface area (TPSA) is 84.6 Å². The average Bonchev–Trinajstić information content (AvgIpc) is 3.21. The van der Waals surface area contributed by atoms with Gasteiger partial charge in [0.05, 0.1) is 28.5 Å². The fraction of sp³-hybridized carbons (Fsp3) is 0.0833. The lowest BCUT2D eigenvalue weighted by molar-refractivity contribution is 0.103. The van der Waals surface area contributed by atoms with Crippen molar-refractivity contribution >= 4 is 35.1 Å². The van der Waals surface area contributed by atoms with E-state index in [4.69, 9.17) is 15.0 Å². The molecule has 3 aliphatic carbocycles. The minimum Gasteiger partial charge on any atom is -0.287 e. The first-order valence-electron chi connectivity index (χ1n) is 9.75. The minimum absolute atomic E-state index is 0.0819. The van der Waals surface area contributed by atoms with Crippen molar-refractivity contribution in [3.63, 3.8) is 0 Å². The lowest BCUT2D eigenvalue weighted by Crippen LogP contribution is -2.44. The molecule has 30 heavy (non-hydrogen) atoms. The third-order valence-electron chi connectivity index (χ3n) is 6.02. The number of hydrogen-bond acceptors (Lipinski definition) is 6. The fourth-order valence-electron chi connectivity index (χ4n) is 4.61. The maximum Gasteiger partial charge on any atom is 0.214 e. The highest BCUT2D eigenvalue weighted by atomic mass is 16.1. The molecule has 140 valence electrons. The van der Waals surface area contributed by atoms with Crippen LogP contribution in [-0.4, -0.2) is 45.0 Å². The number of hydrogen-bond donors (Lipinski definition) is 0. The number of carbonyl (C=O) groups excluding carboxylic acids is 2. The van der Waals surface area contributed by atoms with E-state index in [9.17, 15) is 9.59 Å². The Hall–Kier alpha value is -4.06. The summed E-state index contributed by atoms with van der Waals surface area (Å²) in [7, 11) is 0. The third kappa shape index (κ3) is 1.88. The number of aromatic nitrogens is 2. The van der Waals surface area contributed by atoms with Gasteiger partial charge in [-0.2, -0.15) is 0 Å². The molecule has 0 N–H and O–H groups in total. The van der Waals surface area contributed by atoms with Crippen molar-refractivity contribution < 1.29 is 9.59 Å². The predicted molar refractivity (Wildman–Crippen MR) is 111 cm³/mol. The summed E-state index contributed by atoms with van der Waals surface area (Å²) < 4.78 is 0. The quantitative estimate of drug-likeness (QED) is 0.452. The standard InChI is InChI=1S/C24H12N4O2/c29-23-13-7-3-1-5-11(13)19-21(23)27-17-10-16-18(9-15(17)25-19)28-22-20(26-16)12-6-2-4-8-14(12)24(22)30/h1-10,15,17H. The summed E-state index contributed by atoms with van der Waals surface area (Å²) in [5.74, 6) is -0.182. The maximum absolute atomic E-state index is 12.8. The average molecular weight is 388 g/mol. The lowest BCUT2D eigenvalue weighted by atomic mass is 10.00. The number of nitrogens with zero attached hydrogens (tertiary/aromatic N) is 4. The molecule has 0 radical (unpaired) electrons. The Kier molecular flexibility index (Phi) is 2.79. The Labute approximate surface area is 170 Å². The van der Waals surface area contributed by atoms with E-state index in [1.54, 1.807) is 6.07 Å². The van der Waals surface area contributed by atoms with Crippen LogP contribution in [0.25, 0.3) is 23.4 Å². The molecule has 1 aromatic heterocycles. The normalized spacial score (nSPS) is 21.7. The number of carbonyl (C=O) groups is 2. The van der Waals surface area contributed by atoms with E-state index in [2.05, 4.69) is 4.98 Å². The van der Waals surface area contributed by atoms with Crippen LogP contribution in [0.3, 0.4) is 0 Å². The number of benzene rings is 2. The van der Waals surface area contributed by atoms with Crippen LogP contribution in [0.1, 0.15) is 32.0 Å². The predicted octanol–water partition coefficient (Wildman–Crippen LogP) is 1.14. The van der Waals surface area contributed by atoms with E-state index < -0.39 is 0 Å². The zero-order valence-electron chi connectivity index (χ0n) is 15.5. The maximum atomic E-state index is 12.8. The van der Waals surface area contributed by atoms with E-state index in [0.29, 0.717) is 44.6 Å². The van der Waals surface area contributed by atoms with Gasteiger partial charge >= 0.3 is 0 Å². The summed E-state index contributed by atoms with van der Waals surface area (Å²) in [5, 5.41) is 1.31. The zero-order valence-corrected chi connectivity index (χ0v) is 15.5. The van der Waals surface area contributed by atoms with Gasteiger partial charge in [-0.05, 0) is 12.2 Å². The number of fused-ring (bicyclic) bond motifs is 8. The summed E-state index contributed by atoms with van der Waals surface area (Å²) in [6, 6.07) is 14.3. The minimum atomic E-state index is -0.311. The number of ketones is 2. The van der Waals surface area contributed by atoms with Crippen LogP contribution in [0.15, 0.2) is 58.5 Å². The van der Waals surface area contributed by atoms with Gasteiger partial charge in [0, 0.05) is 22.3 Å². The third-order valence-corrected chi connectivity index (χ3v) is 6.02. The summed E-state index contributed by atoms with van der Waals surface area (Å²) in [5.41, 5.74) is 4.95. The van der Waals surface area contributed by atoms with Crippen molar-refractivity contribution in [1.82, 2.24) is 9.97 Å². The van der Waals surface area contributed by atoms with E-state index in [0.717, 1.165) is 11.1 Å². The molecule has 3 aromatic rings. The molecule has 4 aliphatic rings. The van der Waals surface area contributed by atoms with Gasteiger partial charge in [0.2, 0.25) is 11.6 Å². The Bertz CT molecular complexity index is 1550. The van der Waals surface area contributed by atoms with E-state index in [1.807, 2.05) is 54.6 Å². The molecule has 2 aromatic carbocycles. The van der Waals surface area contributed by atoms with Crippen molar-refractivity contribution in [2.24, 2.45) is 9.98 Å². The van der Waals surface area contributed by atoms with Gasteiger partial charge in [0.1, 0.15) is 17.1 Å². The Morgan fingerprint density at radius 3 is 1.80 bits per heavy atom. The second-order valence-corrected chi connectivity index (χ2v) is 7.71. The molecule has 1 aliphatic heterocycles. The largest absolute Gasteiger partial charge is 0.287 e. The highest BCUT2D eigenvalue weighted by Gasteiger charge is 2.38. The van der Waals surface area contributed by atoms with Gasteiger partial charge < -0.3 is 0 Å². The Balaban J connectivity index is 1.43. The van der Waals surface area contributed by atoms with Gasteiger partial charge in [0.15, 0.2) is 0 Å². The summed E-state index contributed by atoms with van der Waals surface area (Å²) in [6.45, 7) is 0. The molecular weight excluding hydrogens is 376 g/mol. The van der Waals surface area contributed by atoms with Crippen molar-refractivity contribution in [2.45, 2.75) is 12.1 Å². The van der Waals surface area contributed by atoms with Crippen LogP contribution < -0.4 is 10.7 Å². The first-order chi connectivity index (χ1) is 14.7. The van der Waals surface area contributed by atoms with Crippen LogP contribution >= 0.6 is 0 Å². The molecule has 0 spiro atoms. The van der Waals surface area contributed by atoms with Crippen molar-refractivity contribution in [1.29, 1.82) is 0 Å². The molecule has 6 heteroatoms. The van der Waals surface area contributed by atoms with Crippen molar-refractivity contribution in [2.75, 3.05) is 0 Å². The molecule has 0 amide bonds. The van der Waals surface area contributed by atoms with Crippen molar-refractivity contribution in [3.05, 3.63) is 81.6 Å². The SMILES string of the molecule is O=C1C2=NC3C=c4nc5c(nc4=CC3N=C2c2ccccc21)C(=O)c1ccccc1-5. The van der Waals surface area contributed by atoms with Crippen LogP contribution in [-0.2, 0) is 0 Å². The summed E-state index contributed by atoms with van der Waals surface area (Å²) >= 11 is 0. The zero-order chi connectivity index (χ0) is 20.0. The van der Waals surface area contributed by atoms with E-state index in [-0.39, 0.29) is 23.7 Å². The molecule has 6 nitrogen and oxygen atoms in total. The monoisotopic (exact) mass is 388 g/mol. The summed E-state index contributed by atoms with van der Waals surface area (Å²) in [6.07, 6.45) is 3.81. The second-order valence-electron chi connectivity index (χ2n) is 7.71. The van der Waals surface area contributed by atoms with Gasteiger partial charge in [-0.25, -0.2) is 9.97 Å². The Morgan fingerprint density at radius 1 is 0.567 bits per heavy atom. The molecule has 7 rings (SSSR count). The molecule has 2 heterocycles. The molecule has 0 saturated carbocycles. The molecule has 0 saturated heterocycles. The van der Waals surface area contributed by atoms with Gasteiger partial charge in [0.25, 0.3) is 0 Å². The van der Waals surface area contributed by atoms with Crippen LogP contribution in [0.4, 0.5) is 0 Å². The van der Waals surface area contributed by atoms with Crippen molar-refractivity contribution in [3.8, 4) is 11.3 Å². The number of rotatable bonds is 0. The van der Waals surface area contributed by atoms with Crippen LogP contribution in [0.2, 0.25) is 0 Å². The molecule has 0 bridgehead atoms. The number of Topliss-reactive ketones (excluding diaryl/α,β-unsaturated/α-hetero) is 1. The highest BCUT2D eigenvalue weighted by molar-refractivity contribution is 6.78. The molecule has 2 atom stereocenters. The lowest BCUT2D eigenvalue weighted by Gasteiger charge is -2.22. The Morgan fingerprint density at radius 2 is 1.10 bits per heavy atom. The summed E-state index contributed by atoms with van der Waals surface area (Å²) in [4.78, 5) is 44.5. The first kappa shape index (κ1) is 15.8.